The van der Waals surface area contributed by atoms with E-state index in [0.717, 1.165) is 6.08 Å². The molecular formula is C33H33NO7. The van der Waals surface area contributed by atoms with Gasteiger partial charge in [-0.25, -0.2) is 0 Å². The number of methoxy groups -OCH3 is 4. The maximum atomic E-state index is 13.7. The van der Waals surface area contributed by atoms with Crippen LogP contribution in [0, 0.1) is 5.92 Å². The molecule has 8 heteroatoms. The summed E-state index contributed by atoms with van der Waals surface area (Å²) in [5, 5.41) is 2.77. The van der Waals surface area contributed by atoms with Crippen molar-refractivity contribution in [3.05, 3.63) is 108 Å². The van der Waals surface area contributed by atoms with Gasteiger partial charge in [0.05, 0.1) is 34.5 Å². The van der Waals surface area contributed by atoms with Crippen molar-refractivity contribution in [2.75, 3.05) is 28.4 Å². The number of allylic oxidation sites excluding steroid dienone is 2. The molecule has 0 aliphatic rings. The summed E-state index contributed by atoms with van der Waals surface area (Å²) >= 11 is 0. The Labute approximate surface area is 239 Å². The first-order valence-electron chi connectivity index (χ1n) is 12.7. The molecule has 0 saturated carbocycles. The van der Waals surface area contributed by atoms with Gasteiger partial charge in [0, 0.05) is 0 Å². The van der Waals surface area contributed by atoms with Gasteiger partial charge in [0.15, 0.2) is 34.6 Å². The standard InChI is InChI=1S/C33H33NO7/c1-6-31(37)34-33(24-10-8-7-9-11-24)32(25(35)16-12-22-14-18-27(38-2)29(20-22)40-4)26(36)17-13-23-15-19-28(39-3)30(21-23)41-5/h6-21,32-33H,1H2,2-5H3,(H,34,37)/b16-12+,17-13+. The van der Waals surface area contributed by atoms with Crippen LogP contribution in [0.1, 0.15) is 22.7 Å². The van der Waals surface area contributed by atoms with E-state index in [4.69, 9.17) is 18.9 Å². The monoisotopic (exact) mass is 555 g/mol. The average Bonchev–Trinajstić information content (AvgIpc) is 3.02. The van der Waals surface area contributed by atoms with E-state index in [9.17, 15) is 14.4 Å². The Kier molecular flexibility index (Phi) is 11.0. The van der Waals surface area contributed by atoms with Crippen LogP contribution in [0.4, 0.5) is 0 Å². The molecule has 0 aromatic heterocycles. The highest BCUT2D eigenvalue weighted by Gasteiger charge is 2.34. The van der Waals surface area contributed by atoms with Crippen LogP contribution in [0.15, 0.2) is 91.5 Å². The van der Waals surface area contributed by atoms with E-state index in [-0.39, 0.29) is 0 Å². The fourth-order valence-electron chi connectivity index (χ4n) is 4.18. The zero-order valence-electron chi connectivity index (χ0n) is 23.5. The van der Waals surface area contributed by atoms with Crippen molar-refractivity contribution in [2.45, 2.75) is 6.04 Å². The first-order chi connectivity index (χ1) is 19.8. The topological polar surface area (TPSA) is 100 Å². The lowest BCUT2D eigenvalue weighted by Gasteiger charge is -2.25. The quantitative estimate of drug-likeness (QED) is 0.214. The SMILES string of the molecule is C=CC(=O)NC(c1ccccc1)C(C(=O)/C=C/c1ccc(OC)c(OC)c1)C(=O)/C=C/c1ccc(OC)c(OC)c1. The summed E-state index contributed by atoms with van der Waals surface area (Å²) < 4.78 is 21.2. The summed E-state index contributed by atoms with van der Waals surface area (Å²) in [6.45, 7) is 3.52. The number of carbonyl (C=O) groups is 3. The summed E-state index contributed by atoms with van der Waals surface area (Å²) in [4.78, 5) is 39.8. The molecule has 0 aliphatic carbocycles. The number of hydrogen-bond acceptors (Lipinski definition) is 7. The summed E-state index contributed by atoms with van der Waals surface area (Å²) in [7, 11) is 6.10. The molecule has 0 bridgehead atoms. The second-order valence-corrected chi connectivity index (χ2v) is 8.78. The Balaban J connectivity index is 2.02. The van der Waals surface area contributed by atoms with Gasteiger partial charge in [-0.05, 0) is 59.2 Å². The summed E-state index contributed by atoms with van der Waals surface area (Å²) in [6.07, 6.45) is 6.91. The third-order valence-corrected chi connectivity index (χ3v) is 6.28. The number of hydrogen-bond donors (Lipinski definition) is 1. The van der Waals surface area contributed by atoms with Crippen LogP contribution in [-0.2, 0) is 14.4 Å². The molecule has 3 aromatic rings. The second kappa shape index (κ2) is 14.9. The first-order valence-corrected chi connectivity index (χ1v) is 12.7. The maximum Gasteiger partial charge on any atom is 0.243 e. The largest absolute Gasteiger partial charge is 0.493 e. The number of nitrogens with one attached hydrogen (secondary N) is 1. The van der Waals surface area contributed by atoms with E-state index in [1.54, 1.807) is 72.8 Å². The fourth-order valence-corrected chi connectivity index (χ4v) is 4.18. The van der Waals surface area contributed by atoms with E-state index in [2.05, 4.69) is 11.9 Å². The minimum Gasteiger partial charge on any atom is -0.493 e. The van der Waals surface area contributed by atoms with Gasteiger partial charge in [0.1, 0.15) is 5.92 Å². The Hall–Kier alpha value is -5.11. The average molecular weight is 556 g/mol. The van der Waals surface area contributed by atoms with Crippen molar-refractivity contribution >= 4 is 29.6 Å². The Morgan fingerprint density at radius 1 is 0.683 bits per heavy atom. The van der Waals surface area contributed by atoms with Crippen molar-refractivity contribution < 1.29 is 33.3 Å². The molecule has 0 radical (unpaired) electrons. The number of amides is 1. The van der Waals surface area contributed by atoms with E-state index in [0.29, 0.717) is 39.7 Å². The molecule has 1 amide bonds. The number of benzene rings is 3. The molecule has 0 spiro atoms. The third kappa shape index (κ3) is 7.95. The van der Waals surface area contributed by atoms with Crippen LogP contribution in [0.5, 0.6) is 23.0 Å². The van der Waals surface area contributed by atoms with Crippen LogP contribution in [0.25, 0.3) is 12.2 Å². The molecule has 8 nitrogen and oxygen atoms in total. The van der Waals surface area contributed by atoms with Crippen molar-refractivity contribution in [1.29, 1.82) is 0 Å². The smallest absolute Gasteiger partial charge is 0.243 e. The maximum absolute atomic E-state index is 13.7. The predicted octanol–water partition coefficient (Wildman–Crippen LogP) is 5.25. The van der Waals surface area contributed by atoms with Gasteiger partial charge in [-0.1, -0.05) is 61.2 Å². The highest BCUT2D eigenvalue weighted by atomic mass is 16.5. The lowest BCUT2D eigenvalue weighted by Crippen LogP contribution is -2.39. The Morgan fingerprint density at radius 3 is 1.56 bits per heavy atom. The summed E-state index contributed by atoms with van der Waals surface area (Å²) in [5.41, 5.74) is 1.91. The highest BCUT2D eigenvalue weighted by Crippen LogP contribution is 2.30. The molecule has 0 heterocycles. The van der Waals surface area contributed by atoms with E-state index < -0.39 is 29.4 Å². The lowest BCUT2D eigenvalue weighted by atomic mass is 9.85. The van der Waals surface area contributed by atoms with Gasteiger partial charge in [-0.2, -0.15) is 0 Å². The normalized spacial score (nSPS) is 11.7. The fraction of sp³-hybridized carbons (Fsp3) is 0.182. The third-order valence-electron chi connectivity index (χ3n) is 6.28. The van der Waals surface area contributed by atoms with Gasteiger partial charge in [0.25, 0.3) is 0 Å². The van der Waals surface area contributed by atoms with Crippen LogP contribution in [0.2, 0.25) is 0 Å². The van der Waals surface area contributed by atoms with Gasteiger partial charge < -0.3 is 24.3 Å². The summed E-state index contributed by atoms with van der Waals surface area (Å²) in [6, 6.07) is 18.3. The van der Waals surface area contributed by atoms with E-state index in [1.165, 1.54) is 40.6 Å². The molecule has 1 unspecified atom stereocenters. The zero-order chi connectivity index (χ0) is 29.8. The van der Waals surface area contributed by atoms with Crippen molar-refractivity contribution in [2.24, 2.45) is 5.92 Å². The number of rotatable bonds is 14. The Bertz CT molecular complexity index is 1370. The Morgan fingerprint density at radius 2 is 1.15 bits per heavy atom. The molecule has 0 fully saturated rings. The number of ether oxygens (including phenoxy) is 4. The van der Waals surface area contributed by atoms with Crippen molar-refractivity contribution in [1.82, 2.24) is 5.32 Å². The van der Waals surface area contributed by atoms with Crippen LogP contribution in [0.3, 0.4) is 0 Å². The van der Waals surface area contributed by atoms with Crippen molar-refractivity contribution in [3.8, 4) is 23.0 Å². The van der Waals surface area contributed by atoms with Crippen LogP contribution >= 0.6 is 0 Å². The molecular weight excluding hydrogens is 522 g/mol. The van der Waals surface area contributed by atoms with Crippen molar-refractivity contribution in [3.63, 3.8) is 0 Å². The summed E-state index contributed by atoms with van der Waals surface area (Å²) in [5.74, 6) is -0.714. The lowest BCUT2D eigenvalue weighted by molar-refractivity contribution is -0.129. The highest BCUT2D eigenvalue weighted by molar-refractivity contribution is 6.14. The molecule has 3 aromatic carbocycles. The van der Waals surface area contributed by atoms with Crippen LogP contribution in [-0.4, -0.2) is 45.9 Å². The zero-order valence-corrected chi connectivity index (χ0v) is 23.5. The number of carbonyl (C=O) groups excluding carboxylic acids is 3. The molecule has 0 saturated heterocycles. The minimum atomic E-state index is -1.27. The molecule has 41 heavy (non-hydrogen) atoms. The number of ketones is 2. The minimum absolute atomic E-state index is 0.494. The first kappa shape index (κ1) is 30.4. The van der Waals surface area contributed by atoms with Gasteiger partial charge >= 0.3 is 0 Å². The molecule has 1 N–H and O–H groups in total. The van der Waals surface area contributed by atoms with E-state index in [1.807, 2.05) is 6.07 Å². The molecule has 212 valence electrons. The van der Waals surface area contributed by atoms with Gasteiger partial charge in [0.2, 0.25) is 5.91 Å². The van der Waals surface area contributed by atoms with E-state index >= 15 is 0 Å². The molecule has 1 atom stereocenters. The predicted molar refractivity (Wildman–Crippen MR) is 158 cm³/mol. The van der Waals surface area contributed by atoms with Gasteiger partial charge in [-0.15, -0.1) is 0 Å². The van der Waals surface area contributed by atoms with Crippen LogP contribution < -0.4 is 24.3 Å². The second-order valence-electron chi connectivity index (χ2n) is 8.78. The van der Waals surface area contributed by atoms with Gasteiger partial charge in [-0.3, -0.25) is 14.4 Å². The molecule has 3 rings (SSSR count). The molecule has 0 aliphatic heterocycles.